The van der Waals surface area contributed by atoms with Gasteiger partial charge in [-0.2, -0.15) is 0 Å². The minimum atomic E-state index is -1.58. The summed E-state index contributed by atoms with van der Waals surface area (Å²) in [6, 6.07) is 4.79. The van der Waals surface area contributed by atoms with Gasteiger partial charge in [-0.3, -0.25) is 5.32 Å². The molecule has 0 aromatic heterocycles. The molecule has 134 valence electrons. The van der Waals surface area contributed by atoms with Crippen LogP contribution in [-0.4, -0.2) is 41.1 Å². The summed E-state index contributed by atoms with van der Waals surface area (Å²) < 4.78 is 10.4. The van der Waals surface area contributed by atoms with E-state index in [9.17, 15) is 14.7 Å². The Balaban J connectivity index is 3.09. The molecular formula is C17H25NO6. The van der Waals surface area contributed by atoms with Gasteiger partial charge in [-0.25, -0.2) is 9.59 Å². The summed E-state index contributed by atoms with van der Waals surface area (Å²) >= 11 is 0. The molecule has 0 saturated carbocycles. The Morgan fingerprint density at radius 1 is 1.17 bits per heavy atom. The number of hydrogen-bond acceptors (Lipinski definition) is 5. The van der Waals surface area contributed by atoms with Crippen molar-refractivity contribution >= 4 is 17.7 Å². The first-order valence-electron chi connectivity index (χ1n) is 7.48. The number of aliphatic carboxylic acids is 1. The standard InChI is InChI=1S/C17H25NO6/c1-16(2,3)24-15(22)18-11-8-7-10(9-12(11)23-6)17(4,5)13(19)14(20)21/h7-9,13,19H,1-6H3,(H,18,22)(H,20,21). The highest BCUT2D eigenvalue weighted by molar-refractivity contribution is 5.87. The second-order valence-corrected chi connectivity index (χ2v) is 7.00. The van der Waals surface area contributed by atoms with E-state index < -0.39 is 29.2 Å². The number of methoxy groups -OCH3 is 1. The highest BCUT2D eigenvalue weighted by Crippen LogP contribution is 2.34. The van der Waals surface area contributed by atoms with Crippen LogP contribution in [-0.2, 0) is 14.9 Å². The van der Waals surface area contributed by atoms with E-state index in [0.717, 1.165) is 0 Å². The quantitative estimate of drug-likeness (QED) is 0.762. The first kappa shape index (κ1) is 19.8. The Hall–Kier alpha value is -2.28. The number of anilines is 1. The zero-order valence-electron chi connectivity index (χ0n) is 14.8. The van der Waals surface area contributed by atoms with Crippen molar-refractivity contribution in [3.63, 3.8) is 0 Å². The average Bonchev–Trinajstić information content (AvgIpc) is 2.44. The van der Waals surface area contributed by atoms with Crippen LogP contribution in [0, 0.1) is 0 Å². The van der Waals surface area contributed by atoms with E-state index in [1.165, 1.54) is 7.11 Å². The number of amides is 1. The third-order valence-corrected chi connectivity index (χ3v) is 3.50. The van der Waals surface area contributed by atoms with Crippen molar-refractivity contribution in [3.8, 4) is 5.75 Å². The van der Waals surface area contributed by atoms with Gasteiger partial charge in [0.25, 0.3) is 0 Å². The first-order valence-corrected chi connectivity index (χ1v) is 7.48. The van der Waals surface area contributed by atoms with Crippen LogP contribution in [0.25, 0.3) is 0 Å². The van der Waals surface area contributed by atoms with Crippen molar-refractivity contribution in [3.05, 3.63) is 23.8 Å². The van der Waals surface area contributed by atoms with Crippen molar-refractivity contribution in [1.82, 2.24) is 0 Å². The Bertz CT molecular complexity index is 618. The fourth-order valence-electron chi connectivity index (χ4n) is 2.08. The number of nitrogens with one attached hydrogen (secondary N) is 1. The molecule has 0 fully saturated rings. The number of carboxylic acids is 1. The third kappa shape index (κ3) is 4.86. The molecule has 0 radical (unpaired) electrons. The van der Waals surface area contributed by atoms with Crippen LogP contribution in [0.4, 0.5) is 10.5 Å². The Kier molecular flexibility index (Phi) is 5.84. The van der Waals surface area contributed by atoms with E-state index in [1.54, 1.807) is 52.8 Å². The fraction of sp³-hybridized carbons (Fsp3) is 0.529. The van der Waals surface area contributed by atoms with Gasteiger partial charge in [-0.1, -0.05) is 19.9 Å². The molecule has 7 heteroatoms. The van der Waals surface area contributed by atoms with Crippen molar-refractivity contribution in [2.24, 2.45) is 0 Å². The van der Waals surface area contributed by atoms with Crippen LogP contribution in [0.5, 0.6) is 5.75 Å². The number of benzene rings is 1. The summed E-state index contributed by atoms with van der Waals surface area (Å²) in [4.78, 5) is 22.9. The van der Waals surface area contributed by atoms with Crippen molar-refractivity contribution in [2.45, 2.75) is 51.7 Å². The number of carbonyl (C=O) groups excluding carboxylic acids is 1. The molecular weight excluding hydrogens is 314 g/mol. The predicted molar refractivity (Wildman–Crippen MR) is 89.5 cm³/mol. The summed E-state index contributed by atoms with van der Waals surface area (Å²) in [5.74, 6) is -0.973. The van der Waals surface area contributed by atoms with Gasteiger partial charge >= 0.3 is 12.1 Å². The first-order chi connectivity index (χ1) is 10.9. The molecule has 1 rings (SSSR count). The summed E-state index contributed by atoms with van der Waals surface area (Å²) in [5.41, 5.74) is -0.728. The molecule has 0 heterocycles. The van der Waals surface area contributed by atoms with E-state index in [2.05, 4.69) is 5.32 Å². The second kappa shape index (κ2) is 7.09. The molecule has 0 saturated heterocycles. The topological polar surface area (TPSA) is 105 Å². The number of carboxylic acid groups (broad SMARTS) is 1. The summed E-state index contributed by atoms with van der Waals surface area (Å²) in [6.07, 6.45) is -2.20. The van der Waals surface area contributed by atoms with Crippen LogP contribution < -0.4 is 10.1 Å². The monoisotopic (exact) mass is 339 g/mol. The molecule has 3 N–H and O–H groups in total. The lowest BCUT2D eigenvalue weighted by Crippen LogP contribution is -2.39. The smallest absolute Gasteiger partial charge is 0.412 e. The number of aliphatic hydroxyl groups excluding tert-OH is 1. The van der Waals surface area contributed by atoms with Crippen LogP contribution in [0.1, 0.15) is 40.2 Å². The van der Waals surface area contributed by atoms with E-state index in [-0.39, 0.29) is 0 Å². The van der Waals surface area contributed by atoms with Gasteiger partial charge in [0.2, 0.25) is 0 Å². The maximum Gasteiger partial charge on any atom is 0.412 e. The molecule has 0 aliphatic carbocycles. The highest BCUT2D eigenvalue weighted by Gasteiger charge is 2.35. The Morgan fingerprint density at radius 2 is 1.75 bits per heavy atom. The average molecular weight is 339 g/mol. The van der Waals surface area contributed by atoms with E-state index in [1.807, 2.05) is 0 Å². The molecule has 0 spiro atoms. The lowest BCUT2D eigenvalue weighted by molar-refractivity contribution is -0.150. The number of carbonyl (C=O) groups is 2. The van der Waals surface area contributed by atoms with Gasteiger partial charge in [0.1, 0.15) is 11.4 Å². The zero-order valence-corrected chi connectivity index (χ0v) is 14.8. The SMILES string of the molecule is COc1cc(C(C)(C)C(O)C(=O)O)ccc1NC(=O)OC(C)(C)C. The van der Waals surface area contributed by atoms with Crippen molar-refractivity contribution in [2.75, 3.05) is 12.4 Å². The van der Waals surface area contributed by atoms with Gasteiger partial charge in [0.05, 0.1) is 12.8 Å². The number of ether oxygens (including phenoxy) is 2. The van der Waals surface area contributed by atoms with E-state index in [4.69, 9.17) is 14.6 Å². The molecule has 1 aromatic carbocycles. The molecule has 1 amide bonds. The molecule has 7 nitrogen and oxygen atoms in total. The van der Waals surface area contributed by atoms with E-state index >= 15 is 0 Å². The third-order valence-electron chi connectivity index (χ3n) is 3.50. The Morgan fingerprint density at radius 3 is 2.21 bits per heavy atom. The molecule has 0 aliphatic heterocycles. The lowest BCUT2D eigenvalue weighted by atomic mass is 9.79. The number of rotatable bonds is 5. The summed E-state index contributed by atoms with van der Waals surface area (Å²) in [7, 11) is 1.43. The molecule has 0 bridgehead atoms. The van der Waals surface area contributed by atoms with Crippen molar-refractivity contribution in [1.29, 1.82) is 0 Å². The normalized spacial score (nSPS) is 13.1. The van der Waals surface area contributed by atoms with Crippen molar-refractivity contribution < 1.29 is 29.3 Å². The summed E-state index contributed by atoms with van der Waals surface area (Å²) in [6.45, 7) is 8.48. The zero-order chi connectivity index (χ0) is 18.7. The Labute approximate surface area is 141 Å². The molecule has 24 heavy (non-hydrogen) atoms. The maximum atomic E-state index is 11.9. The van der Waals surface area contributed by atoms with Crippen LogP contribution >= 0.6 is 0 Å². The minimum Gasteiger partial charge on any atom is -0.495 e. The van der Waals surface area contributed by atoms with Crippen LogP contribution in [0.2, 0.25) is 0 Å². The van der Waals surface area contributed by atoms with Gasteiger partial charge in [-0.15, -0.1) is 0 Å². The van der Waals surface area contributed by atoms with Gasteiger partial charge in [-0.05, 0) is 38.5 Å². The second-order valence-electron chi connectivity index (χ2n) is 7.00. The predicted octanol–water partition coefficient (Wildman–Crippen LogP) is 2.77. The number of aliphatic hydroxyl groups is 1. The molecule has 1 atom stereocenters. The van der Waals surface area contributed by atoms with Crippen LogP contribution in [0.15, 0.2) is 18.2 Å². The van der Waals surface area contributed by atoms with E-state index in [0.29, 0.717) is 17.0 Å². The van der Waals surface area contributed by atoms with Gasteiger partial charge in [0.15, 0.2) is 6.10 Å². The number of hydrogen-bond donors (Lipinski definition) is 3. The van der Waals surface area contributed by atoms with Gasteiger partial charge in [0, 0.05) is 5.41 Å². The minimum absolute atomic E-state index is 0.337. The van der Waals surface area contributed by atoms with Gasteiger partial charge < -0.3 is 19.7 Å². The maximum absolute atomic E-state index is 11.9. The lowest BCUT2D eigenvalue weighted by Gasteiger charge is -2.29. The molecule has 1 aromatic rings. The highest BCUT2D eigenvalue weighted by atomic mass is 16.6. The van der Waals surface area contributed by atoms with Crippen LogP contribution in [0.3, 0.4) is 0 Å². The molecule has 1 unspecified atom stereocenters. The molecule has 0 aliphatic rings. The fourth-order valence-corrected chi connectivity index (χ4v) is 2.08. The largest absolute Gasteiger partial charge is 0.495 e. The summed E-state index contributed by atoms with van der Waals surface area (Å²) in [5, 5.41) is 21.5.